The second-order valence-electron chi connectivity index (χ2n) is 4.41. The van der Waals surface area contributed by atoms with Crippen LogP contribution in [-0.2, 0) is 0 Å². The summed E-state index contributed by atoms with van der Waals surface area (Å²) in [5.74, 6) is 0.523. The Kier molecular flexibility index (Phi) is 4.32. The van der Waals surface area contributed by atoms with Crippen LogP contribution in [0.15, 0.2) is 18.2 Å². The molecule has 98 valence electrons. The molecule has 0 heterocycles. The molecule has 1 aliphatic rings. The molecule has 1 fully saturated rings. The molecule has 6 heteroatoms. The highest BCUT2D eigenvalue weighted by Gasteiger charge is 2.31. The summed E-state index contributed by atoms with van der Waals surface area (Å²) < 4.78 is 0. The van der Waals surface area contributed by atoms with E-state index in [0.29, 0.717) is 28.2 Å². The number of hydrogen-bond donors (Lipinski definition) is 3. The van der Waals surface area contributed by atoms with Gasteiger partial charge >= 0.3 is 6.03 Å². The summed E-state index contributed by atoms with van der Waals surface area (Å²) in [5.41, 5.74) is 6.22. The third-order valence-corrected chi connectivity index (χ3v) is 3.68. The zero-order valence-electron chi connectivity index (χ0n) is 9.75. The van der Waals surface area contributed by atoms with Gasteiger partial charge in [-0.2, -0.15) is 0 Å². The van der Waals surface area contributed by atoms with E-state index in [1.807, 2.05) is 0 Å². The van der Waals surface area contributed by atoms with Gasteiger partial charge in [-0.05, 0) is 37.0 Å². The second-order valence-corrected chi connectivity index (χ2v) is 5.22. The van der Waals surface area contributed by atoms with Crippen molar-refractivity contribution in [3.05, 3.63) is 28.2 Å². The lowest BCUT2D eigenvalue weighted by molar-refractivity contribution is 0.247. The standard InChI is InChI=1S/C12H15Cl2N3O/c13-9-4-3-8(5-10(9)14)16-12(18)17-11(6-15)7-1-2-7/h3-5,7,11H,1-2,6,15H2,(H2,16,17,18). The van der Waals surface area contributed by atoms with E-state index in [0.717, 1.165) is 12.8 Å². The maximum atomic E-state index is 11.8. The zero-order chi connectivity index (χ0) is 13.1. The van der Waals surface area contributed by atoms with Crippen molar-refractivity contribution in [3.8, 4) is 0 Å². The van der Waals surface area contributed by atoms with Gasteiger partial charge in [-0.25, -0.2) is 4.79 Å². The molecule has 0 saturated heterocycles. The third kappa shape index (κ3) is 3.51. The normalized spacial score (nSPS) is 16.2. The molecule has 1 saturated carbocycles. The summed E-state index contributed by atoms with van der Waals surface area (Å²) in [6.07, 6.45) is 2.27. The number of urea groups is 1. The summed E-state index contributed by atoms with van der Waals surface area (Å²) in [6, 6.07) is 4.73. The fraction of sp³-hybridized carbons (Fsp3) is 0.417. The molecule has 0 aromatic heterocycles. The SMILES string of the molecule is NCC(NC(=O)Nc1ccc(Cl)c(Cl)c1)C1CC1. The summed E-state index contributed by atoms with van der Waals surface area (Å²) in [5, 5.41) is 6.44. The minimum Gasteiger partial charge on any atom is -0.334 e. The van der Waals surface area contributed by atoms with Gasteiger partial charge < -0.3 is 16.4 Å². The van der Waals surface area contributed by atoms with Crippen LogP contribution in [0.25, 0.3) is 0 Å². The molecule has 0 spiro atoms. The van der Waals surface area contributed by atoms with Gasteiger partial charge in [0.05, 0.1) is 10.0 Å². The first-order valence-electron chi connectivity index (χ1n) is 5.83. The molecule has 2 rings (SSSR count). The number of anilines is 1. The van der Waals surface area contributed by atoms with Gasteiger partial charge in [-0.15, -0.1) is 0 Å². The highest BCUT2D eigenvalue weighted by atomic mass is 35.5. The average molecular weight is 288 g/mol. The van der Waals surface area contributed by atoms with E-state index in [-0.39, 0.29) is 12.1 Å². The summed E-state index contributed by atoms with van der Waals surface area (Å²) >= 11 is 11.7. The van der Waals surface area contributed by atoms with Gasteiger partial charge in [0.1, 0.15) is 0 Å². The number of carbonyl (C=O) groups excluding carboxylic acids is 1. The quantitative estimate of drug-likeness (QED) is 0.797. The topological polar surface area (TPSA) is 67.1 Å². The van der Waals surface area contributed by atoms with Gasteiger partial charge in [-0.1, -0.05) is 23.2 Å². The predicted octanol–water partition coefficient (Wildman–Crippen LogP) is 2.85. The molecule has 1 aliphatic carbocycles. The average Bonchev–Trinajstić information content (AvgIpc) is 3.15. The lowest BCUT2D eigenvalue weighted by Gasteiger charge is -2.16. The van der Waals surface area contributed by atoms with Gasteiger partial charge in [0, 0.05) is 18.3 Å². The number of halogens is 2. The zero-order valence-corrected chi connectivity index (χ0v) is 11.3. The lowest BCUT2D eigenvalue weighted by atomic mass is 10.2. The van der Waals surface area contributed by atoms with Crippen molar-refractivity contribution in [2.75, 3.05) is 11.9 Å². The smallest absolute Gasteiger partial charge is 0.319 e. The minimum absolute atomic E-state index is 0.0489. The first kappa shape index (κ1) is 13.5. The number of carbonyl (C=O) groups is 1. The van der Waals surface area contributed by atoms with Crippen molar-refractivity contribution in [1.29, 1.82) is 0 Å². The summed E-state index contributed by atoms with van der Waals surface area (Å²) in [7, 11) is 0. The number of rotatable bonds is 4. The Labute approximate surface area is 116 Å². The van der Waals surface area contributed by atoms with Crippen molar-refractivity contribution >= 4 is 34.9 Å². The van der Waals surface area contributed by atoms with Gasteiger partial charge in [0.2, 0.25) is 0 Å². The number of hydrogen-bond acceptors (Lipinski definition) is 2. The van der Waals surface area contributed by atoms with Crippen molar-refractivity contribution in [1.82, 2.24) is 5.32 Å². The molecule has 4 nitrogen and oxygen atoms in total. The Balaban J connectivity index is 1.91. The van der Waals surface area contributed by atoms with Crippen LogP contribution < -0.4 is 16.4 Å². The molecular formula is C12H15Cl2N3O. The fourth-order valence-electron chi connectivity index (χ4n) is 1.78. The highest BCUT2D eigenvalue weighted by molar-refractivity contribution is 6.42. The van der Waals surface area contributed by atoms with E-state index >= 15 is 0 Å². The Morgan fingerprint density at radius 1 is 1.39 bits per heavy atom. The molecule has 0 bridgehead atoms. The molecule has 0 aliphatic heterocycles. The van der Waals surface area contributed by atoms with Crippen LogP contribution in [0.3, 0.4) is 0 Å². The highest BCUT2D eigenvalue weighted by Crippen LogP contribution is 2.32. The molecule has 1 unspecified atom stereocenters. The van der Waals surface area contributed by atoms with Gasteiger partial charge in [-0.3, -0.25) is 0 Å². The summed E-state index contributed by atoms with van der Waals surface area (Å²) in [6.45, 7) is 0.458. The number of nitrogens with one attached hydrogen (secondary N) is 2. The molecule has 2 amide bonds. The fourth-order valence-corrected chi connectivity index (χ4v) is 2.08. The van der Waals surface area contributed by atoms with Crippen molar-refractivity contribution in [3.63, 3.8) is 0 Å². The largest absolute Gasteiger partial charge is 0.334 e. The first-order chi connectivity index (χ1) is 8.60. The van der Waals surface area contributed by atoms with Crippen LogP contribution >= 0.6 is 23.2 Å². The Morgan fingerprint density at radius 2 is 2.11 bits per heavy atom. The number of amides is 2. The third-order valence-electron chi connectivity index (χ3n) is 2.94. The summed E-state index contributed by atoms with van der Waals surface area (Å²) in [4.78, 5) is 11.8. The Hall–Kier alpha value is -0.970. The maximum Gasteiger partial charge on any atom is 0.319 e. The van der Waals surface area contributed by atoms with Crippen LogP contribution in [0.5, 0.6) is 0 Å². The second kappa shape index (κ2) is 5.78. The molecule has 4 N–H and O–H groups in total. The Morgan fingerprint density at radius 3 is 2.67 bits per heavy atom. The maximum absolute atomic E-state index is 11.8. The van der Waals surface area contributed by atoms with Crippen LogP contribution in [-0.4, -0.2) is 18.6 Å². The van der Waals surface area contributed by atoms with Crippen LogP contribution in [0.1, 0.15) is 12.8 Å². The molecule has 1 aromatic rings. The van der Waals surface area contributed by atoms with Crippen LogP contribution in [0, 0.1) is 5.92 Å². The van der Waals surface area contributed by atoms with E-state index < -0.39 is 0 Å². The Bertz CT molecular complexity index is 449. The molecule has 1 aromatic carbocycles. The monoisotopic (exact) mass is 287 g/mol. The first-order valence-corrected chi connectivity index (χ1v) is 6.58. The lowest BCUT2D eigenvalue weighted by Crippen LogP contribution is -2.43. The minimum atomic E-state index is -0.268. The van der Waals surface area contributed by atoms with Gasteiger partial charge in [0.15, 0.2) is 0 Å². The van der Waals surface area contributed by atoms with E-state index in [1.165, 1.54) is 0 Å². The van der Waals surface area contributed by atoms with E-state index in [2.05, 4.69) is 10.6 Å². The van der Waals surface area contributed by atoms with E-state index in [1.54, 1.807) is 18.2 Å². The number of benzene rings is 1. The molecule has 0 radical (unpaired) electrons. The van der Waals surface area contributed by atoms with Crippen molar-refractivity contribution in [2.45, 2.75) is 18.9 Å². The van der Waals surface area contributed by atoms with Gasteiger partial charge in [0.25, 0.3) is 0 Å². The van der Waals surface area contributed by atoms with Crippen molar-refractivity contribution in [2.24, 2.45) is 11.7 Å². The molecule has 1 atom stereocenters. The molecule has 18 heavy (non-hydrogen) atoms. The van der Waals surface area contributed by atoms with E-state index in [4.69, 9.17) is 28.9 Å². The van der Waals surface area contributed by atoms with E-state index in [9.17, 15) is 4.79 Å². The molecular weight excluding hydrogens is 273 g/mol. The number of nitrogens with two attached hydrogens (primary N) is 1. The van der Waals surface area contributed by atoms with Crippen molar-refractivity contribution < 1.29 is 4.79 Å². The van der Waals surface area contributed by atoms with Crippen LogP contribution in [0.2, 0.25) is 10.0 Å². The van der Waals surface area contributed by atoms with Crippen LogP contribution in [0.4, 0.5) is 10.5 Å². The predicted molar refractivity (Wildman–Crippen MR) is 74.2 cm³/mol.